The van der Waals surface area contributed by atoms with Crippen molar-refractivity contribution in [3.63, 3.8) is 0 Å². The first-order valence-corrected chi connectivity index (χ1v) is 12.7. The van der Waals surface area contributed by atoms with Crippen LogP contribution in [0.25, 0.3) is 0 Å². The lowest BCUT2D eigenvalue weighted by Gasteiger charge is -2.39. The molecule has 0 bridgehead atoms. The average Bonchev–Trinajstić information content (AvgIpc) is 2.81. The highest BCUT2D eigenvalue weighted by Crippen LogP contribution is 2.32. The van der Waals surface area contributed by atoms with Gasteiger partial charge in [-0.25, -0.2) is 4.79 Å². The fourth-order valence-electron chi connectivity index (χ4n) is 4.18. The Morgan fingerprint density at radius 1 is 0.973 bits per heavy atom. The van der Waals surface area contributed by atoms with Crippen LogP contribution in [-0.2, 0) is 14.3 Å². The summed E-state index contributed by atoms with van der Waals surface area (Å²) in [6.07, 6.45) is -0.271. The topological polar surface area (TPSA) is 108 Å². The number of hydrogen-bond acceptors (Lipinski definition) is 5. The third-order valence-electron chi connectivity index (χ3n) is 6.24. The smallest absolute Gasteiger partial charge is 0.408 e. The number of para-hydroxylation sites is 1. The number of carbonyl (C=O) groups is 3. The van der Waals surface area contributed by atoms with Crippen LogP contribution in [0.15, 0.2) is 42.5 Å². The molecule has 0 radical (unpaired) electrons. The lowest BCUT2D eigenvalue weighted by molar-refractivity contribution is -0.144. The van der Waals surface area contributed by atoms with Gasteiger partial charge in [-0.2, -0.15) is 0 Å². The number of aliphatic hydroxyl groups is 1. The molecule has 0 aliphatic carbocycles. The lowest BCUT2D eigenvalue weighted by Crippen LogP contribution is -2.56. The highest BCUT2D eigenvalue weighted by atomic mass is 16.6. The maximum absolute atomic E-state index is 14.0. The monoisotopic (exact) mass is 511 g/mol. The van der Waals surface area contributed by atoms with Crippen molar-refractivity contribution in [2.75, 3.05) is 11.9 Å². The van der Waals surface area contributed by atoms with Gasteiger partial charge in [0, 0.05) is 11.7 Å². The molecule has 3 atom stereocenters. The minimum absolute atomic E-state index is 0.380. The molecule has 8 heteroatoms. The van der Waals surface area contributed by atoms with Crippen LogP contribution in [-0.4, -0.2) is 52.2 Å². The Labute approximate surface area is 220 Å². The Morgan fingerprint density at radius 2 is 1.54 bits per heavy atom. The number of alkyl carbamates (subject to hydrolysis) is 1. The van der Waals surface area contributed by atoms with E-state index in [2.05, 4.69) is 10.6 Å². The second kappa shape index (κ2) is 12.7. The van der Waals surface area contributed by atoms with E-state index in [4.69, 9.17) is 4.74 Å². The summed E-state index contributed by atoms with van der Waals surface area (Å²) in [4.78, 5) is 41.9. The summed E-state index contributed by atoms with van der Waals surface area (Å²) in [5, 5.41) is 15.6. The molecule has 0 aromatic heterocycles. The highest BCUT2D eigenvalue weighted by Gasteiger charge is 2.39. The molecule has 202 valence electrons. The molecule has 3 N–H and O–H groups in total. The number of carbonyl (C=O) groups excluding carboxylic acids is 3. The van der Waals surface area contributed by atoms with Crippen molar-refractivity contribution in [3.8, 4) is 0 Å². The fraction of sp³-hybridized carbons (Fsp3) is 0.483. The van der Waals surface area contributed by atoms with E-state index in [0.29, 0.717) is 17.7 Å². The second-order valence-electron chi connectivity index (χ2n) is 10.4. The first-order chi connectivity index (χ1) is 17.3. The summed E-state index contributed by atoms with van der Waals surface area (Å²) < 4.78 is 5.30. The summed E-state index contributed by atoms with van der Waals surface area (Å²) in [5.41, 5.74) is 3.16. The van der Waals surface area contributed by atoms with E-state index < -0.39 is 36.3 Å². The third kappa shape index (κ3) is 7.79. The maximum atomic E-state index is 14.0. The summed E-state index contributed by atoms with van der Waals surface area (Å²) in [5.74, 6) is -0.954. The van der Waals surface area contributed by atoms with Crippen molar-refractivity contribution in [1.82, 2.24) is 10.2 Å². The number of aryl methyl sites for hydroxylation is 3. The zero-order valence-corrected chi connectivity index (χ0v) is 23.2. The lowest BCUT2D eigenvalue weighted by atomic mass is 9.92. The van der Waals surface area contributed by atoms with Crippen molar-refractivity contribution in [2.45, 2.75) is 85.5 Å². The van der Waals surface area contributed by atoms with Crippen LogP contribution >= 0.6 is 0 Å². The highest BCUT2D eigenvalue weighted by molar-refractivity contribution is 6.00. The molecule has 2 aromatic carbocycles. The molecule has 3 unspecified atom stereocenters. The molecule has 3 amide bonds. The number of nitrogens with zero attached hydrogens (tertiary/aromatic N) is 1. The van der Waals surface area contributed by atoms with Crippen LogP contribution in [0.3, 0.4) is 0 Å². The molecule has 2 aromatic rings. The van der Waals surface area contributed by atoms with Crippen molar-refractivity contribution in [2.24, 2.45) is 0 Å². The van der Waals surface area contributed by atoms with Crippen molar-refractivity contribution in [1.29, 1.82) is 0 Å². The van der Waals surface area contributed by atoms with E-state index in [1.807, 2.05) is 77.1 Å². The van der Waals surface area contributed by atoms with E-state index in [0.717, 1.165) is 16.7 Å². The largest absolute Gasteiger partial charge is 0.444 e. The minimum Gasteiger partial charge on any atom is -0.444 e. The number of hydrogen-bond donors (Lipinski definition) is 3. The Balaban J connectivity index is 2.59. The van der Waals surface area contributed by atoms with Gasteiger partial charge in [0.1, 0.15) is 17.7 Å². The summed E-state index contributed by atoms with van der Waals surface area (Å²) in [6.45, 7) is 13.9. The standard InChI is InChI=1S/C29H41N3O5/c1-9-21(5)32(27(35)23(17-33)31-28(36)37-29(6,7)8)25(24-19(3)14-12-15-20(24)4)26(34)30-22-16-11-10-13-18(22)2/h10-16,21,23,25,33H,9,17H2,1-8H3,(H,30,34)(H,31,36). The molecule has 0 saturated heterocycles. The van der Waals surface area contributed by atoms with E-state index in [1.165, 1.54) is 4.90 Å². The second-order valence-corrected chi connectivity index (χ2v) is 10.4. The van der Waals surface area contributed by atoms with Crippen LogP contribution in [0.1, 0.15) is 69.3 Å². The van der Waals surface area contributed by atoms with Gasteiger partial charge in [0.2, 0.25) is 5.91 Å². The SMILES string of the molecule is CCC(C)N(C(=O)C(CO)NC(=O)OC(C)(C)C)C(C(=O)Nc1ccccc1C)c1c(C)cccc1C. The van der Waals surface area contributed by atoms with Crippen LogP contribution in [0.5, 0.6) is 0 Å². The number of benzene rings is 2. The molecule has 0 fully saturated rings. The molecular formula is C29H41N3O5. The fourth-order valence-corrected chi connectivity index (χ4v) is 4.18. The number of ether oxygens (including phenoxy) is 1. The van der Waals surface area contributed by atoms with Crippen LogP contribution in [0, 0.1) is 20.8 Å². The molecule has 0 aliphatic heterocycles. The van der Waals surface area contributed by atoms with Crippen LogP contribution in [0.2, 0.25) is 0 Å². The Kier molecular flexibility index (Phi) is 10.3. The van der Waals surface area contributed by atoms with Gasteiger partial charge >= 0.3 is 6.09 Å². The predicted molar refractivity (Wildman–Crippen MR) is 145 cm³/mol. The number of anilines is 1. The molecule has 8 nitrogen and oxygen atoms in total. The first kappa shape index (κ1) is 29.8. The zero-order valence-electron chi connectivity index (χ0n) is 23.2. The predicted octanol–water partition coefficient (Wildman–Crippen LogP) is 4.80. The normalized spacial score (nSPS) is 13.8. The molecule has 0 saturated carbocycles. The summed E-state index contributed by atoms with van der Waals surface area (Å²) in [7, 11) is 0. The molecule has 2 rings (SSSR count). The van der Waals surface area contributed by atoms with E-state index >= 15 is 0 Å². The Hall–Kier alpha value is -3.39. The molecular weight excluding hydrogens is 470 g/mol. The molecule has 37 heavy (non-hydrogen) atoms. The van der Waals surface area contributed by atoms with Gasteiger partial charge in [-0.05, 0) is 83.2 Å². The zero-order chi connectivity index (χ0) is 27.9. The van der Waals surface area contributed by atoms with Crippen LogP contribution in [0.4, 0.5) is 10.5 Å². The molecule has 0 heterocycles. The van der Waals surface area contributed by atoms with E-state index in [9.17, 15) is 19.5 Å². The van der Waals surface area contributed by atoms with Gasteiger partial charge in [0.15, 0.2) is 0 Å². The van der Waals surface area contributed by atoms with Crippen molar-refractivity contribution in [3.05, 3.63) is 64.7 Å². The quantitative estimate of drug-likeness (QED) is 0.448. The van der Waals surface area contributed by atoms with Crippen molar-refractivity contribution < 1.29 is 24.2 Å². The van der Waals surface area contributed by atoms with Gasteiger partial charge in [0.25, 0.3) is 5.91 Å². The van der Waals surface area contributed by atoms with Gasteiger partial charge in [-0.1, -0.05) is 43.3 Å². The van der Waals surface area contributed by atoms with Gasteiger partial charge in [-0.15, -0.1) is 0 Å². The first-order valence-electron chi connectivity index (χ1n) is 12.7. The number of nitrogens with one attached hydrogen (secondary N) is 2. The molecule has 0 aliphatic rings. The van der Waals surface area contributed by atoms with E-state index in [1.54, 1.807) is 20.8 Å². The van der Waals surface area contributed by atoms with Gasteiger partial charge < -0.3 is 25.4 Å². The number of rotatable bonds is 9. The van der Waals surface area contributed by atoms with Gasteiger partial charge in [-0.3, -0.25) is 9.59 Å². The number of amides is 3. The summed E-state index contributed by atoms with van der Waals surface area (Å²) in [6, 6.07) is 10.5. The van der Waals surface area contributed by atoms with Crippen molar-refractivity contribution >= 4 is 23.6 Å². The Morgan fingerprint density at radius 3 is 2.05 bits per heavy atom. The summed E-state index contributed by atoms with van der Waals surface area (Å²) >= 11 is 0. The molecule has 0 spiro atoms. The van der Waals surface area contributed by atoms with Crippen LogP contribution < -0.4 is 10.6 Å². The third-order valence-corrected chi connectivity index (χ3v) is 6.24. The minimum atomic E-state index is -1.29. The Bertz CT molecular complexity index is 1090. The number of aliphatic hydroxyl groups excluding tert-OH is 1. The maximum Gasteiger partial charge on any atom is 0.408 e. The average molecular weight is 512 g/mol. The van der Waals surface area contributed by atoms with Gasteiger partial charge in [0.05, 0.1) is 6.61 Å². The van der Waals surface area contributed by atoms with E-state index in [-0.39, 0.29) is 11.9 Å².